The predicted molar refractivity (Wildman–Crippen MR) is 212 cm³/mol. The summed E-state index contributed by atoms with van der Waals surface area (Å²) in [5, 5.41) is 21.5. The van der Waals surface area contributed by atoms with Crippen molar-refractivity contribution in [1.82, 2.24) is 0 Å². The Kier molecular flexibility index (Phi) is 15.3. The number of benzene rings is 2. The van der Waals surface area contributed by atoms with Gasteiger partial charge < -0.3 is 15.4 Å². The molecule has 1 amide bonds. The number of allylic oxidation sites excluding steroid dienone is 19. The van der Waals surface area contributed by atoms with Crippen molar-refractivity contribution in [3.63, 3.8) is 0 Å². The van der Waals surface area contributed by atoms with E-state index in [2.05, 4.69) is 114 Å². The van der Waals surface area contributed by atoms with Crippen LogP contribution >= 0.6 is 0 Å². The molecular formula is C44H52BNO3. The second kappa shape index (κ2) is 19.3. The van der Waals surface area contributed by atoms with E-state index in [0.717, 1.165) is 16.7 Å². The lowest BCUT2D eigenvalue weighted by Gasteiger charge is -2.32. The highest BCUT2D eigenvalue weighted by atomic mass is 16.4. The van der Waals surface area contributed by atoms with Crippen LogP contribution in [-0.2, 0) is 0 Å². The topological polar surface area (TPSA) is 69.6 Å². The zero-order valence-electron chi connectivity index (χ0n) is 30.2. The van der Waals surface area contributed by atoms with Gasteiger partial charge in [0.05, 0.1) is 0 Å². The van der Waals surface area contributed by atoms with Crippen LogP contribution in [0.1, 0.15) is 83.7 Å². The molecule has 49 heavy (non-hydrogen) atoms. The molecule has 0 aliphatic heterocycles. The molecule has 0 saturated heterocycles. The third-order valence-electron chi connectivity index (χ3n) is 8.48. The molecule has 2 aromatic carbocycles. The van der Waals surface area contributed by atoms with Gasteiger partial charge in [-0.25, -0.2) is 0 Å². The standard InChI is InChI=1S/C44H52BNO3/c1-33(14-8-9-15-34(2)17-11-19-36(4)24-30-42-37(5)20-13-31-44(42,6)7)16-10-18-35(3)23-25-38-26-28-39(29-27-38)43(47)46-41-22-12-21-40(32-41)45(48)49/h8-12,14-19,21-30,32,48-49H,13,20,31H2,1-7H3,(H,46,47)/b9-8+,16-10+,17-11+,25-23+,30-24+,33-14+,34-15+,35-18+,36-19+. The van der Waals surface area contributed by atoms with Crippen LogP contribution in [0.5, 0.6) is 0 Å². The maximum absolute atomic E-state index is 12.6. The normalized spacial score (nSPS) is 16.7. The number of anilines is 1. The summed E-state index contributed by atoms with van der Waals surface area (Å²) in [6, 6.07) is 13.8. The Balaban J connectivity index is 1.46. The Morgan fingerprint density at radius 1 is 0.755 bits per heavy atom. The minimum Gasteiger partial charge on any atom is -0.423 e. The molecule has 1 aliphatic rings. The zero-order valence-corrected chi connectivity index (χ0v) is 30.2. The Morgan fingerprint density at radius 2 is 1.31 bits per heavy atom. The minimum atomic E-state index is -1.59. The van der Waals surface area contributed by atoms with E-state index in [0.29, 0.717) is 16.7 Å². The van der Waals surface area contributed by atoms with Gasteiger partial charge in [0.2, 0.25) is 0 Å². The smallest absolute Gasteiger partial charge is 0.423 e. The van der Waals surface area contributed by atoms with E-state index in [1.807, 2.05) is 37.3 Å². The highest BCUT2D eigenvalue weighted by molar-refractivity contribution is 6.58. The molecule has 0 bridgehead atoms. The van der Waals surface area contributed by atoms with Crippen LogP contribution in [0.25, 0.3) is 6.08 Å². The highest BCUT2D eigenvalue weighted by Gasteiger charge is 2.26. The van der Waals surface area contributed by atoms with E-state index in [4.69, 9.17) is 0 Å². The van der Waals surface area contributed by atoms with Gasteiger partial charge in [0.25, 0.3) is 5.91 Å². The molecule has 254 valence electrons. The van der Waals surface area contributed by atoms with Gasteiger partial charge in [0.15, 0.2) is 0 Å². The van der Waals surface area contributed by atoms with Gasteiger partial charge in [0.1, 0.15) is 0 Å². The summed E-state index contributed by atoms with van der Waals surface area (Å²) >= 11 is 0. The van der Waals surface area contributed by atoms with Crippen molar-refractivity contribution in [3.05, 3.63) is 172 Å². The molecule has 0 fully saturated rings. The van der Waals surface area contributed by atoms with E-state index < -0.39 is 7.12 Å². The maximum atomic E-state index is 12.6. The highest BCUT2D eigenvalue weighted by Crippen LogP contribution is 2.40. The molecule has 1 aliphatic carbocycles. The summed E-state index contributed by atoms with van der Waals surface area (Å²) in [4.78, 5) is 12.6. The number of nitrogens with one attached hydrogen (secondary N) is 1. The van der Waals surface area contributed by atoms with Crippen molar-refractivity contribution < 1.29 is 14.8 Å². The Hall–Kier alpha value is -4.71. The van der Waals surface area contributed by atoms with Crippen molar-refractivity contribution in [3.8, 4) is 0 Å². The number of amides is 1. The zero-order chi connectivity index (χ0) is 35.8. The molecule has 0 saturated carbocycles. The third kappa shape index (κ3) is 13.7. The maximum Gasteiger partial charge on any atom is 0.488 e. The SMILES string of the molecule is CC1=C(/C=C/C(C)=C/C=C/C(C)=C/C=C/C=C(C)/C=C/C=C(C)/C=C/c2ccc(C(=O)Nc3cccc(B(O)O)c3)cc2)C(C)(C)CCC1. The van der Waals surface area contributed by atoms with Crippen molar-refractivity contribution in [2.24, 2.45) is 5.41 Å². The molecular weight excluding hydrogens is 601 g/mol. The molecule has 2 aromatic rings. The first-order valence-corrected chi connectivity index (χ1v) is 17.0. The van der Waals surface area contributed by atoms with Crippen molar-refractivity contribution in [1.29, 1.82) is 0 Å². The first-order chi connectivity index (χ1) is 23.3. The molecule has 3 N–H and O–H groups in total. The first kappa shape index (κ1) is 38.7. The Labute approximate surface area is 294 Å². The fourth-order valence-electron chi connectivity index (χ4n) is 5.52. The molecule has 0 radical (unpaired) electrons. The van der Waals surface area contributed by atoms with Gasteiger partial charge in [-0.05, 0) is 100 Å². The summed E-state index contributed by atoms with van der Waals surface area (Å²) in [6.45, 7) is 15.4. The third-order valence-corrected chi connectivity index (χ3v) is 8.48. The van der Waals surface area contributed by atoms with E-state index >= 15 is 0 Å². The van der Waals surface area contributed by atoms with Crippen LogP contribution in [0.4, 0.5) is 5.69 Å². The van der Waals surface area contributed by atoms with Gasteiger partial charge in [0, 0.05) is 11.3 Å². The van der Waals surface area contributed by atoms with Crippen molar-refractivity contribution in [2.75, 3.05) is 5.32 Å². The van der Waals surface area contributed by atoms with Gasteiger partial charge in [-0.15, -0.1) is 0 Å². The average molecular weight is 654 g/mol. The lowest BCUT2D eigenvalue weighted by molar-refractivity contribution is 0.102. The monoisotopic (exact) mass is 653 g/mol. The summed E-state index contributed by atoms with van der Waals surface area (Å²) < 4.78 is 0. The lowest BCUT2D eigenvalue weighted by atomic mass is 9.72. The predicted octanol–water partition coefficient (Wildman–Crippen LogP) is 10.2. The molecule has 4 nitrogen and oxygen atoms in total. The van der Waals surface area contributed by atoms with Crippen LogP contribution in [-0.4, -0.2) is 23.1 Å². The van der Waals surface area contributed by atoms with Gasteiger partial charge in [-0.2, -0.15) is 0 Å². The lowest BCUT2D eigenvalue weighted by Crippen LogP contribution is -2.30. The van der Waals surface area contributed by atoms with Crippen LogP contribution in [0, 0.1) is 5.41 Å². The minimum absolute atomic E-state index is 0.265. The first-order valence-electron chi connectivity index (χ1n) is 17.0. The Bertz CT molecular complexity index is 1750. The van der Waals surface area contributed by atoms with Gasteiger partial charge in [-0.1, -0.05) is 151 Å². The summed E-state index contributed by atoms with van der Waals surface area (Å²) in [5.41, 5.74) is 10.3. The molecule has 0 atom stereocenters. The average Bonchev–Trinajstić information content (AvgIpc) is 3.05. The summed E-state index contributed by atoms with van der Waals surface area (Å²) in [7, 11) is -1.59. The molecule has 5 heteroatoms. The number of hydrogen-bond donors (Lipinski definition) is 3. The second-order valence-electron chi connectivity index (χ2n) is 13.4. The van der Waals surface area contributed by atoms with Gasteiger partial charge in [-0.3, -0.25) is 4.79 Å². The quantitative estimate of drug-likeness (QED) is 0.149. The molecule has 0 aromatic heterocycles. The number of carbonyl (C=O) groups excluding carboxylic acids is 1. The van der Waals surface area contributed by atoms with Gasteiger partial charge >= 0.3 is 7.12 Å². The molecule has 0 spiro atoms. The van der Waals surface area contributed by atoms with Crippen molar-refractivity contribution in [2.45, 2.75) is 67.7 Å². The van der Waals surface area contributed by atoms with E-state index in [-0.39, 0.29) is 11.3 Å². The van der Waals surface area contributed by atoms with Crippen LogP contribution in [0.15, 0.2) is 161 Å². The summed E-state index contributed by atoms with van der Waals surface area (Å²) in [6.07, 6.45) is 33.3. The van der Waals surface area contributed by atoms with Crippen LogP contribution < -0.4 is 10.8 Å². The van der Waals surface area contributed by atoms with E-state index in [1.165, 1.54) is 47.6 Å². The van der Waals surface area contributed by atoms with Crippen LogP contribution in [0.3, 0.4) is 0 Å². The number of rotatable bonds is 13. The Morgan fingerprint density at radius 3 is 1.88 bits per heavy atom. The molecule has 0 heterocycles. The largest absolute Gasteiger partial charge is 0.488 e. The molecule has 3 rings (SSSR count). The summed E-state index contributed by atoms with van der Waals surface area (Å²) in [5.74, 6) is -0.267. The fourth-order valence-corrected chi connectivity index (χ4v) is 5.52. The van der Waals surface area contributed by atoms with Crippen molar-refractivity contribution >= 4 is 30.3 Å². The molecule has 0 unspecified atom stereocenters. The number of hydrogen-bond acceptors (Lipinski definition) is 3. The fraction of sp³-hybridized carbons (Fsp3) is 0.250. The number of carbonyl (C=O) groups is 1. The second-order valence-corrected chi connectivity index (χ2v) is 13.4. The van der Waals surface area contributed by atoms with E-state index in [1.54, 1.807) is 30.3 Å². The van der Waals surface area contributed by atoms with E-state index in [9.17, 15) is 14.8 Å². The van der Waals surface area contributed by atoms with Crippen LogP contribution in [0.2, 0.25) is 0 Å².